The first-order valence-corrected chi connectivity index (χ1v) is 7.50. The predicted molar refractivity (Wildman–Crippen MR) is 89.1 cm³/mol. The SMILES string of the molecule is CC(C)B(O[B]OB(C(C)C)C(C)(C)C)C(C)(C)C. The van der Waals surface area contributed by atoms with Crippen molar-refractivity contribution in [2.24, 2.45) is 0 Å². The Kier molecular flexibility index (Phi) is 7.26. The molecule has 0 unspecified atom stereocenters. The summed E-state index contributed by atoms with van der Waals surface area (Å²) in [6.07, 6.45) is 0. The Balaban J connectivity index is 4.47. The van der Waals surface area contributed by atoms with Crippen molar-refractivity contribution in [3.05, 3.63) is 0 Å². The second kappa shape index (κ2) is 7.22. The summed E-state index contributed by atoms with van der Waals surface area (Å²) in [5, 5.41) is 0.228. The summed E-state index contributed by atoms with van der Waals surface area (Å²) in [5.74, 6) is 0.930. The van der Waals surface area contributed by atoms with E-state index in [1.165, 1.54) is 0 Å². The minimum atomic E-state index is 0.114. The van der Waals surface area contributed by atoms with Crippen LogP contribution in [0, 0.1) is 0 Å². The van der Waals surface area contributed by atoms with E-state index in [2.05, 4.69) is 69.2 Å². The van der Waals surface area contributed by atoms with Gasteiger partial charge >= 0.3 is 7.69 Å². The Hall–Kier alpha value is 0.115. The zero-order valence-electron chi connectivity index (χ0n) is 14.7. The molecule has 0 aromatic carbocycles. The van der Waals surface area contributed by atoms with Gasteiger partial charge in [-0.25, -0.2) is 0 Å². The lowest BCUT2D eigenvalue weighted by Gasteiger charge is -2.33. The van der Waals surface area contributed by atoms with Crippen LogP contribution in [-0.4, -0.2) is 21.5 Å². The van der Waals surface area contributed by atoms with E-state index in [-0.39, 0.29) is 24.5 Å². The van der Waals surface area contributed by atoms with Crippen LogP contribution in [0.1, 0.15) is 69.2 Å². The Bertz CT molecular complexity index is 228. The molecule has 19 heavy (non-hydrogen) atoms. The fourth-order valence-corrected chi connectivity index (χ4v) is 2.87. The molecule has 0 aliphatic rings. The fourth-order valence-electron chi connectivity index (χ4n) is 2.87. The lowest BCUT2D eigenvalue weighted by Crippen LogP contribution is -2.39. The molecule has 0 aliphatic carbocycles. The summed E-state index contributed by atoms with van der Waals surface area (Å²) in [7, 11) is 1.58. The van der Waals surface area contributed by atoms with E-state index in [0.717, 1.165) is 0 Å². The van der Waals surface area contributed by atoms with Crippen LogP contribution in [0.25, 0.3) is 0 Å². The first-order chi connectivity index (χ1) is 8.37. The highest BCUT2D eigenvalue weighted by atomic mass is 16.5. The highest BCUT2D eigenvalue weighted by Gasteiger charge is 2.37. The van der Waals surface area contributed by atoms with Crippen molar-refractivity contribution in [1.29, 1.82) is 0 Å². The van der Waals surface area contributed by atoms with E-state index >= 15 is 0 Å². The molecule has 0 rings (SSSR count). The molecule has 0 heterocycles. The van der Waals surface area contributed by atoms with Gasteiger partial charge in [-0.05, 0) is 22.3 Å². The van der Waals surface area contributed by atoms with Gasteiger partial charge in [0.1, 0.15) is 0 Å². The highest BCUT2D eigenvalue weighted by molar-refractivity contribution is 6.66. The van der Waals surface area contributed by atoms with Crippen LogP contribution in [0.3, 0.4) is 0 Å². The van der Waals surface area contributed by atoms with Crippen molar-refractivity contribution in [2.45, 2.75) is 91.5 Å². The molecule has 0 atom stereocenters. The Morgan fingerprint density at radius 2 is 0.947 bits per heavy atom. The largest absolute Gasteiger partial charge is 0.477 e. The standard InChI is InChI=1S/C14H32B3O2/c1-11(2)16(13(5,6)7)18-15-19-17(12(3)4)14(8,9)10/h11-12H,1-10H3. The van der Waals surface area contributed by atoms with Crippen molar-refractivity contribution >= 4 is 21.5 Å². The first kappa shape index (κ1) is 19.1. The summed E-state index contributed by atoms with van der Waals surface area (Å²) < 4.78 is 11.8. The third kappa shape index (κ3) is 6.90. The molecule has 0 saturated heterocycles. The smallest absolute Gasteiger partial charge is 0.454 e. The van der Waals surface area contributed by atoms with E-state index in [1.54, 1.807) is 7.69 Å². The summed E-state index contributed by atoms with van der Waals surface area (Å²) in [6.45, 7) is 22.3. The second-order valence-electron chi connectivity index (χ2n) is 8.43. The van der Waals surface area contributed by atoms with Crippen molar-refractivity contribution in [2.75, 3.05) is 0 Å². The third-order valence-electron chi connectivity index (χ3n) is 3.32. The van der Waals surface area contributed by atoms with E-state index in [0.29, 0.717) is 11.6 Å². The number of rotatable bonds is 6. The van der Waals surface area contributed by atoms with Gasteiger partial charge in [0.05, 0.1) is 0 Å². The third-order valence-corrected chi connectivity index (χ3v) is 3.32. The van der Waals surface area contributed by atoms with Crippen molar-refractivity contribution < 1.29 is 9.14 Å². The first-order valence-electron chi connectivity index (χ1n) is 7.50. The molecule has 5 heteroatoms. The maximum absolute atomic E-state index is 5.90. The highest BCUT2D eigenvalue weighted by Crippen LogP contribution is 2.36. The molecule has 0 aromatic rings. The summed E-state index contributed by atoms with van der Waals surface area (Å²) >= 11 is 0. The van der Waals surface area contributed by atoms with Gasteiger partial charge in [-0.15, -0.1) is 0 Å². The van der Waals surface area contributed by atoms with Gasteiger partial charge < -0.3 is 9.14 Å². The van der Waals surface area contributed by atoms with Crippen LogP contribution in [0.2, 0.25) is 22.3 Å². The fraction of sp³-hybridized carbons (Fsp3) is 1.00. The van der Waals surface area contributed by atoms with Gasteiger partial charge in [0.25, 0.3) is 13.8 Å². The predicted octanol–water partition coefficient (Wildman–Crippen LogP) is 4.96. The van der Waals surface area contributed by atoms with Crippen LogP contribution >= 0.6 is 0 Å². The van der Waals surface area contributed by atoms with Gasteiger partial charge in [0.15, 0.2) is 0 Å². The maximum Gasteiger partial charge on any atom is 0.454 e. The normalized spacial score (nSPS) is 13.1. The van der Waals surface area contributed by atoms with E-state index in [1.807, 2.05) is 0 Å². The average Bonchev–Trinajstić information content (AvgIpc) is 2.11. The molecule has 2 nitrogen and oxygen atoms in total. The average molecular weight is 265 g/mol. The summed E-state index contributed by atoms with van der Waals surface area (Å²) in [5.41, 5.74) is 0. The van der Waals surface area contributed by atoms with Gasteiger partial charge in [0, 0.05) is 0 Å². The van der Waals surface area contributed by atoms with Gasteiger partial charge in [-0.1, -0.05) is 69.2 Å². The zero-order chi connectivity index (χ0) is 15.4. The lowest BCUT2D eigenvalue weighted by molar-refractivity contribution is 0.416. The minimum Gasteiger partial charge on any atom is -0.477 e. The Morgan fingerprint density at radius 3 is 1.11 bits per heavy atom. The van der Waals surface area contributed by atoms with E-state index in [9.17, 15) is 0 Å². The molecule has 0 saturated carbocycles. The summed E-state index contributed by atoms with van der Waals surface area (Å²) in [4.78, 5) is 0. The van der Waals surface area contributed by atoms with Gasteiger partial charge in [-0.2, -0.15) is 0 Å². The molecular formula is C14H32B3O2. The Morgan fingerprint density at radius 1 is 0.684 bits per heavy atom. The Labute approximate surface area is 122 Å². The maximum atomic E-state index is 5.90. The lowest BCUT2D eigenvalue weighted by atomic mass is 9.40. The van der Waals surface area contributed by atoms with Crippen molar-refractivity contribution in [3.8, 4) is 0 Å². The topological polar surface area (TPSA) is 18.5 Å². The second-order valence-corrected chi connectivity index (χ2v) is 8.43. The van der Waals surface area contributed by atoms with E-state index in [4.69, 9.17) is 9.14 Å². The van der Waals surface area contributed by atoms with Crippen molar-refractivity contribution in [3.63, 3.8) is 0 Å². The number of hydrogen-bond donors (Lipinski definition) is 0. The van der Waals surface area contributed by atoms with E-state index < -0.39 is 0 Å². The van der Waals surface area contributed by atoms with Crippen LogP contribution < -0.4 is 0 Å². The zero-order valence-corrected chi connectivity index (χ0v) is 14.7. The molecule has 0 aliphatic heterocycles. The van der Waals surface area contributed by atoms with Crippen LogP contribution in [-0.2, 0) is 9.14 Å². The molecule has 0 spiro atoms. The van der Waals surface area contributed by atoms with Crippen LogP contribution in [0.4, 0.5) is 0 Å². The molecule has 0 aromatic heterocycles. The van der Waals surface area contributed by atoms with Gasteiger partial charge in [0.2, 0.25) is 0 Å². The monoisotopic (exact) mass is 265 g/mol. The molecule has 0 bridgehead atoms. The summed E-state index contributed by atoms with van der Waals surface area (Å²) in [6, 6.07) is 0. The van der Waals surface area contributed by atoms with Crippen LogP contribution in [0.5, 0.6) is 0 Å². The molecule has 109 valence electrons. The molecule has 0 N–H and O–H groups in total. The molecule has 0 fully saturated rings. The quantitative estimate of drug-likeness (QED) is 0.632. The number of hydrogen-bond acceptors (Lipinski definition) is 2. The van der Waals surface area contributed by atoms with Crippen LogP contribution in [0.15, 0.2) is 0 Å². The molecule has 0 amide bonds. The molecular weight excluding hydrogens is 233 g/mol. The van der Waals surface area contributed by atoms with Gasteiger partial charge in [-0.3, -0.25) is 0 Å². The molecule has 1 radical (unpaired) electrons. The minimum absolute atomic E-state index is 0.114. The van der Waals surface area contributed by atoms with Crippen molar-refractivity contribution in [1.82, 2.24) is 0 Å².